The van der Waals surface area contributed by atoms with Crippen LogP contribution in [0.4, 0.5) is 0 Å². The van der Waals surface area contributed by atoms with Crippen molar-refractivity contribution < 1.29 is 14.3 Å². The Bertz CT molecular complexity index is 843. The molecule has 1 fully saturated rings. The molecule has 1 saturated carbocycles. The van der Waals surface area contributed by atoms with Gasteiger partial charge >= 0.3 is 0 Å². The molecule has 0 aliphatic heterocycles. The van der Waals surface area contributed by atoms with Gasteiger partial charge in [0.25, 0.3) is 0 Å². The number of halogens is 1. The highest BCUT2D eigenvalue weighted by atomic mass is 35.5. The molecule has 2 amide bonds. The summed E-state index contributed by atoms with van der Waals surface area (Å²) < 4.78 is 7.84. The molecule has 1 aromatic heterocycles. The zero-order chi connectivity index (χ0) is 21.8. The van der Waals surface area contributed by atoms with Crippen LogP contribution in [-0.2, 0) is 9.59 Å². The summed E-state index contributed by atoms with van der Waals surface area (Å²) in [5.41, 5.74) is -1.28. The summed E-state index contributed by atoms with van der Waals surface area (Å²) in [6, 6.07) is 6.54. The van der Waals surface area contributed by atoms with E-state index in [1.807, 2.05) is 20.8 Å². The average Bonchev–Trinajstić information content (AvgIpc) is 3.38. The number of carbonyl (C=O) groups is 2. The number of carbonyl (C=O) groups excluding carboxylic acids is 2. The lowest BCUT2D eigenvalue weighted by Gasteiger charge is -2.39. The van der Waals surface area contributed by atoms with E-state index < -0.39 is 17.8 Å². The molecule has 8 nitrogen and oxygen atoms in total. The van der Waals surface area contributed by atoms with Crippen molar-refractivity contribution in [3.63, 3.8) is 0 Å². The zero-order valence-corrected chi connectivity index (χ0v) is 18.2. The van der Waals surface area contributed by atoms with Crippen LogP contribution in [0.15, 0.2) is 36.9 Å². The SMILES string of the molecule is CC(C)(C)[C@@H](NC(=O)C1(NC=O)CCCC1)[C@H](Oc1ccc(Cl)cc1)n1cncn1. The molecule has 3 rings (SSSR count). The molecule has 1 aliphatic rings. The van der Waals surface area contributed by atoms with Crippen LogP contribution in [0.2, 0.25) is 5.02 Å². The number of ether oxygens (including phenoxy) is 1. The minimum Gasteiger partial charge on any atom is -0.466 e. The average molecular weight is 434 g/mol. The molecule has 162 valence electrons. The molecule has 2 atom stereocenters. The van der Waals surface area contributed by atoms with Gasteiger partial charge in [0.05, 0.1) is 6.04 Å². The van der Waals surface area contributed by atoms with E-state index in [-0.39, 0.29) is 11.3 Å². The first-order chi connectivity index (χ1) is 14.2. The smallest absolute Gasteiger partial charge is 0.246 e. The Morgan fingerprint density at radius 3 is 2.47 bits per heavy atom. The van der Waals surface area contributed by atoms with E-state index >= 15 is 0 Å². The first-order valence-electron chi connectivity index (χ1n) is 10.0. The van der Waals surface area contributed by atoms with Gasteiger partial charge < -0.3 is 15.4 Å². The third kappa shape index (κ3) is 4.92. The van der Waals surface area contributed by atoms with Crippen molar-refractivity contribution in [3.05, 3.63) is 41.9 Å². The van der Waals surface area contributed by atoms with Crippen molar-refractivity contribution in [2.45, 2.75) is 64.3 Å². The van der Waals surface area contributed by atoms with Gasteiger partial charge in [-0.05, 0) is 42.5 Å². The highest BCUT2D eigenvalue weighted by Gasteiger charge is 2.45. The van der Waals surface area contributed by atoms with Gasteiger partial charge in [-0.2, -0.15) is 5.10 Å². The van der Waals surface area contributed by atoms with Crippen LogP contribution in [0, 0.1) is 5.41 Å². The molecule has 1 aromatic carbocycles. The van der Waals surface area contributed by atoms with Crippen molar-refractivity contribution >= 4 is 23.9 Å². The van der Waals surface area contributed by atoms with Gasteiger partial charge in [-0.15, -0.1) is 0 Å². The number of benzene rings is 1. The maximum atomic E-state index is 13.3. The predicted molar refractivity (Wildman–Crippen MR) is 113 cm³/mol. The van der Waals surface area contributed by atoms with Gasteiger partial charge in [0.1, 0.15) is 23.9 Å². The Morgan fingerprint density at radius 1 is 1.27 bits per heavy atom. The summed E-state index contributed by atoms with van der Waals surface area (Å²) in [4.78, 5) is 28.6. The third-order valence-electron chi connectivity index (χ3n) is 5.50. The fourth-order valence-corrected chi connectivity index (χ4v) is 3.93. The summed E-state index contributed by atoms with van der Waals surface area (Å²) >= 11 is 5.99. The molecule has 30 heavy (non-hydrogen) atoms. The zero-order valence-electron chi connectivity index (χ0n) is 17.5. The summed E-state index contributed by atoms with van der Waals surface area (Å²) in [6.45, 7) is 6.05. The molecule has 9 heteroatoms. The molecular formula is C21H28ClN5O3. The van der Waals surface area contributed by atoms with Crippen molar-refractivity contribution in [2.24, 2.45) is 5.41 Å². The summed E-state index contributed by atoms with van der Waals surface area (Å²) in [6.07, 6.45) is 5.93. The van der Waals surface area contributed by atoms with E-state index in [0.717, 1.165) is 12.8 Å². The van der Waals surface area contributed by atoms with Gasteiger partial charge in [-0.1, -0.05) is 45.2 Å². The van der Waals surface area contributed by atoms with E-state index in [9.17, 15) is 9.59 Å². The fraction of sp³-hybridized carbons (Fsp3) is 0.524. The Labute approximate surface area is 181 Å². The summed E-state index contributed by atoms with van der Waals surface area (Å²) in [5.74, 6) is 0.377. The Morgan fingerprint density at radius 2 is 1.93 bits per heavy atom. The minimum atomic E-state index is -0.890. The molecule has 2 N–H and O–H groups in total. The highest BCUT2D eigenvalue weighted by Crippen LogP contribution is 2.34. The molecule has 0 spiro atoms. The Kier molecular flexibility index (Phi) is 6.65. The van der Waals surface area contributed by atoms with Gasteiger partial charge in [0.2, 0.25) is 18.5 Å². The Balaban J connectivity index is 1.92. The molecular weight excluding hydrogens is 406 g/mol. The second kappa shape index (κ2) is 9.04. The molecule has 1 heterocycles. The van der Waals surface area contributed by atoms with Gasteiger partial charge in [0, 0.05) is 5.02 Å². The summed E-state index contributed by atoms with van der Waals surface area (Å²) in [5, 5.41) is 10.8. The van der Waals surface area contributed by atoms with Crippen molar-refractivity contribution in [1.82, 2.24) is 25.4 Å². The number of rotatable bonds is 8. The largest absolute Gasteiger partial charge is 0.466 e. The number of nitrogens with zero attached hydrogens (tertiary/aromatic N) is 3. The van der Waals surface area contributed by atoms with E-state index in [1.165, 1.54) is 6.33 Å². The molecule has 0 saturated heterocycles. The van der Waals surface area contributed by atoms with E-state index in [1.54, 1.807) is 35.3 Å². The molecule has 0 radical (unpaired) electrons. The topological polar surface area (TPSA) is 98.1 Å². The van der Waals surface area contributed by atoms with Crippen LogP contribution < -0.4 is 15.4 Å². The lowest BCUT2D eigenvalue weighted by Crippen LogP contribution is -2.60. The fourth-order valence-electron chi connectivity index (χ4n) is 3.80. The molecule has 0 unspecified atom stereocenters. The normalized spacial score (nSPS) is 17.7. The first kappa shape index (κ1) is 22.1. The van der Waals surface area contributed by atoms with Crippen LogP contribution in [-0.4, -0.2) is 38.7 Å². The van der Waals surface area contributed by atoms with Crippen LogP contribution in [0.3, 0.4) is 0 Å². The Hall–Kier alpha value is -2.61. The molecule has 2 aromatic rings. The van der Waals surface area contributed by atoms with Crippen molar-refractivity contribution in [2.75, 3.05) is 0 Å². The van der Waals surface area contributed by atoms with Crippen molar-refractivity contribution in [1.29, 1.82) is 0 Å². The predicted octanol–water partition coefficient (Wildman–Crippen LogP) is 3.10. The highest BCUT2D eigenvalue weighted by molar-refractivity contribution is 6.30. The standard InChI is InChI=1S/C21H28ClN5O3/c1-20(2,3)17(26-19(29)21(24-14-28)10-4-5-11-21)18(27-13-23-12-25-27)30-16-8-6-15(22)7-9-16/h6-9,12-14,17-18H,4-5,10-11H2,1-3H3,(H,24,28)(H,26,29)/t17-,18-/m0/s1. The monoisotopic (exact) mass is 433 g/mol. The number of nitrogens with one attached hydrogen (secondary N) is 2. The quantitative estimate of drug-likeness (QED) is 0.623. The second-order valence-electron chi connectivity index (χ2n) is 8.71. The minimum absolute atomic E-state index is 0.211. The lowest BCUT2D eigenvalue weighted by molar-refractivity contribution is -0.133. The molecule has 0 bridgehead atoms. The van der Waals surface area contributed by atoms with Crippen LogP contribution >= 0.6 is 11.6 Å². The van der Waals surface area contributed by atoms with Gasteiger partial charge in [-0.3, -0.25) is 9.59 Å². The third-order valence-corrected chi connectivity index (χ3v) is 5.75. The van der Waals surface area contributed by atoms with Gasteiger partial charge in [0.15, 0.2) is 0 Å². The summed E-state index contributed by atoms with van der Waals surface area (Å²) in [7, 11) is 0. The maximum absolute atomic E-state index is 13.3. The van der Waals surface area contributed by atoms with Crippen LogP contribution in [0.5, 0.6) is 5.75 Å². The lowest BCUT2D eigenvalue weighted by atomic mass is 9.84. The number of aromatic nitrogens is 3. The van der Waals surface area contributed by atoms with E-state index in [4.69, 9.17) is 16.3 Å². The van der Waals surface area contributed by atoms with E-state index in [0.29, 0.717) is 30.0 Å². The van der Waals surface area contributed by atoms with Crippen LogP contribution in [0.1, 0.15) is 52.7 Å². The molecule has 1 aliphatic carbocycles. The first-order valence-corrected chi connectivity index (χ1v) is 10.4. The van der Waals surface area contributed by atoms with Crippen molar-refractivity contribution in [3.8, 4) is 5.75 Å². The number of hydrogen-bond donors (Lipinski definition) is 2. The van der Waals surface area contributed by atoms with E-state index in [2.05, 4.69) is 20.7 Å². The number of hydrogen-bond acceptors (Lipinski definition) is 5. The second-order valence-corrected chi connectivity index (χ2v) is 9.14. The maximum Gasteiger partial charge on any atom is 0.246 e. The van der Waals surface area contributed by atoms with Gasteiger partial charge in [-0.25, -0.2) is 9.67 Å². The van der Waals surface area contributed by atoms with Crippen LogP contribution in [0.25, 0.3) is 0 Å². The number of amides is 2.